The maximum atomic E-state index is 11.5. The van der Waals surface area contributed by atoms with Crippen LogP contribution in [0.25, 0.3) is 0 Å². The quantitative estimate of drug-likeness (QED) is 0.652. The predicted octanol–water partition coefficient (Wildman–Crippen LogP) is -0.244. The van der Waals surface area contributed by atoms with Crippen LogP contribution in [0, 0.1) is 5.92 Å². The van der Waals surface area contributed by atoms with E-state index < -0.39 is 10.2 Å². The van der Waals surface area contributed by atoms with E-state index in [0.717, 1.165) is 0 Å². The predicted molar refractivity (Wildman–Crippen MR) is 58.0 cm³/mol. The number of nitrogens with zero attached hydrogens (tertiary/aromatic N) is 1. The zero-order chi connectivity index (χ0) is 11.4. The average molecular weight is 223 g/mol. The second-order valence-electron chi connectivity index (χ2n) is 3.83. The molecule has 0 aliphatic carbocycles. The van der Waals surface area contributed by atoms with Crippen molar-refractivity contribution in [2.75, 3.05) is 20.6 Å². The zero-order valence-electron chi connectivity index (χ0n) is 9.32. The summed E-state index contributed by atoms with van der Waals surface area (Å²) in [6, 6.07) is -0.0904. The summed E-state index contributed by atoms with van der Waals surface area (Å²) >= 11 is 0. The summed E-state index contributed by atoms with van der Waals surface area (Å²) in [6.07, 6.45) is 0.657. The molecule has 0 bridgehead atoms. The Morgan fingerprint density at radius 2 is 1.86 bits per heavy atom. The lowest BCUT2D eigenvalue weighted by Gasteiger charge is -2.23. The van der Waals surface area contributed by atoms with Gasteiger partial charge in [0.1, 0.15) is 0 Å². The molecular weight excluding hydrogens is 202 g/mol. The molecule has 0 saturated heterocycles. The first-order valence-corrected chi connectivity index (χ1v) is 6.15. The van der Waals surface area contributed by atoms with Crippen LogP contribution in [-0.4, -0.2) is 39.4 Å². The summed E-state index contributed by atoms with van der Waals surface area (Å²) in [6.45, 7) is 4.43. The summed E-state index contributed by atoms with van der Waals surface area (Å²) in [7, 11) is -0.333. The standard InChI is InChI=1S/C8H21N3O2S/c1-7(2)8(5-6-9)10-14(12,13)11(3)4/h7-8,10H,5-6,9H2,1-4H3. The Morgan fingerprint density at radius 1 is 1.36 bits per heavy atom. The van der Waals surface area contributed by atoms with Crippen LogP contribution in [0.1, 0.15) is 20.3 Å². The van der Waals surface area contributed by atoms with E-state index in [0.29, 0.717) is 13.0 Å². The van der Waals surface area contributed by atoms with Crippen LogP contribution < -0.4 is 10.5 Å². The summed E-state index contributed by atoms with van der Waals surface area (Å²) in [4.78, 5) is 0. The van der Waals surface area contributed by atoms with Crippen molar-refractivity contribution in [2.45, 2.75) is 26.3 Å². The number of hydrogen-bond acceptors (Lipinski definition) is 3. The van der Waals surface area contributed by atoms with Crippen molar-refractivity contribution in [3.05, 3.63) is 0 Å². The summed E-state index contributed by atoms with van der Waals surface area (Å²) in [5.74, 6) is 0.244. The minimum atomic E-state index is -3.34. The topological polar surface area (TPSA) is 75.4 Å². The van der Waals surface area contributed by atoms with Crippen molar-refractivity contribution in [3.8, 4) is 0 Å². The summed E-state index contributed by atoms with van der Waals surface area (Å²) in [5, 5.41) is 0. The molecule has 0 heterocycles. The molecule has 0 rings (SSSR count). The molecule has 0 fully saturated rings. The highest BCUT2D eigenvalue weighted by Crippen LogP contribution is 2.07. The fourth-order valence-corrected chi connectivity index (χ4v) is 1.99. The smallest absolute Gasteiger partial charge is 0.279 e. The van der Waals surface area contributed by atoms with Crippen LogP contribution in [0.3, 0.4) is 0 Å². The van der Waals surface area contributed by atoms with Crippen molar-refractivity contribution < 1.29 is 8.42 Å². The van der Waals surface area contributed by atoms with Gasteiger partial charge in [-0.25, -0.2) is 0 Å². The first-order chi connectivity index (χ1) is 6.31. The Morgan fingerprint density at radius 3 is 2.14 bits per heavy atom. The summed E-state index contributed by atoms with van der Waals surface area (Å²) in [5.41, 5.74) is 5.41. The van der Waals surface area contributed by atoms with Crippen LogP contribution in [0.4, 0.5) is 0 Å². The van der Waals surface area contributed by atoms with Gasteiger partial charge in [-0.3, -0.25) is 0 Å². The van der Waals surface area contributed by atoms with E-state index in [9.17, 15) is 8.42 Å². The van der Waals surface area contributed by atoms with Crippen molar-refractivity contribution in [1.82, 2.24) is 9.03 Å². The monoisotopic (exact) mass is 223 g/mol. The Kier molecular flexibility index (Phi) is 5.58. The highest BCUT2D eigenvalue weighted by Gasteiger charge is 2.21. The van der Waals surface area contributed by atoms with Crippen LogP contribution >= 0.6 is 0 Å². The maximum absolute atomic E-state index is 11.5. The number of hydrogen-bond donors (Lipinski definition) is 2. The van der Waals surface area contributed by atoms with Crippen LogP contribution in [0.15, 0.2) is 0 Å². The second-order valence-corrected chi connectivity index (χ2v) is 5.75. The van der Waals surface area contributed by atoms with Gasteiger partial charge in [0.15, 0.2) is 0 Å². The van der Waals surface area contributed by atoms with E-state index >= 15 is 0 Å². The molecule has 0 spiro atoms. The van der Waals surface area contributed by atoms with Crippen LogP contribution in [-0.2, 0) is 10.2 Å². The van der Waals surface area contributed by atoms with Gasteiger partial charge in [0.05, 0.1) is 0 Å². The lowest BCUT2D eigenvalue weighted by Crippen LogP contribution is -2.45. The molecule has 0 aromatic heterocycles. The van der Waals surface area contributed by atoms with Gasteiger partial charge < -0.3 is 5.73 Å². The van der Waals surface area contributed by atoms with Gasteiger partial charge in [0.25, 0.3) is 10.2 Å². The van der Waals surface area contributed by atoms with E-state index in [2.05, 4.69) is 4.72 Å². The van der Waals surface area contributed by atoms with Gasteiger partial charge in [0.2, 0.25) is 0 Å². The Labute approximate surface area is 86.8 Å². The number of nitrogens with one attached hydrogen (secondary N) is 1. The second kappa shape index (κ2) is 5.65. The average Bonchev–Trinajstić information content (AvgIpc) is 2.02. The third-order valence-electron chi connectivity index (χ3n) is 2.06. The van der Waals surface area contributed by atoms with Crippen molar-refractivity contribution in [3.63, 3.8) is 0 Å². The Bertz CT molecular complexity index is 249. The molecule has 0 saturated carbocycles. The highest BCUT2D eigenvalue weighted by molar-refractivity contribution is 7.87. The largest absolute Gasteiger partial charge is 0.330 e. The molecule has 0 aromatic rings. The summed E-state index contributed by atoms with van der Waals surface area (Å²) < 4.78 is 26.8. The normalized spacial score (nSPS) is 15.1. The molecule has 5 nitrogen and oxygen atoms in total. The van der Waals surface area contributed by atoms with Gasteiger partial charge in [-0.2, -0.15) is 17.4 Å². The van der Waals surface area contributed by atoms with Crippen LogP contribution in [0.2, 0.25) is 0 Å². The third-order valence-corrected chi connectivity index (χ3v) is 3.63. The fourth-order valence-electron chi connectivity index (χ4n) is 1.00. The van der Waals surface area contributed by atoms with E-state index in [4.69, 9.17) is 5.73 Å². The van der Waals surface area contributed by atoms with Crippen molar-refractivity contribution in [1.29, 1.82) is 0 Å². The molecule has 86 valence electrons. The molecule has 0 amide bonds. The molecule has 14 heavy (non-hydrogen) atoms. The fraction of sp³-hybridized carbons (Fsp3) is 1.00. The van der Waals surface area contributed by atoms with Crippen LogP contribution in [0.5, 0.6) is 0 Å². The maximum Gasteiger partial charge on any atom is 0.279 e. The minimum Gasteiger partial charge on any atom is -0.330 e. The van der Waals surface area contributed by atoms with Crippen molar-refractivity contribution >= 4 is 10.2 Å². The van der Waals surface area contributed by atoms with Gasteiger partial charge in [-0.1, -0.05) is 13.8 Å². The minimum absolute atomic E-state index is 0.0904. The lowest BCUT2D eigenvalue weighted by atomic mass is 10.0. The zero-order valence-corrected chi connectivity index (χ0v) is 10.1. The molecule has 0 aliphatic heterocycles. The molecule has 3 N–H and O–H groups in total. The molecule has 0 aromatic carbocycles. The Hall–Kier alpha value is -0.170. The Balaban J connectivity index is 4.45. The first-order valence-electron chi connectivity index (χ1n) is 4.71. The van der Waals surface area contributed by atoms with Gasteiger partial charge >= 0.3 is 0 Å². The number of nitrogens with two attached hydrogens (primary N) is 1. The third kappa shape index (κ3) is 4.36. The van der Waals surface area contributed by atoms with E-state index in [1.165, 1.54) is 18.4 Å². The molecule has 0 radical (unpaired) electrons. The van der Waals surface area contributed by atoms with Gasteiger partial charge in [-0.05, 0) is 18.9 Å². The molecule has 1 atom stereocenters. The van der Waals surface area contributed by atoms with Crippen molar-refractivity contribution in [2.24, 2.45) is 11.7 Å². The van der Waals surface area contributed by atoms with Gasteiger partial charge in [-0.15, -0.1) is 0 Å². The first kappa shape index (κ1) is 13.8. The molecule has 0 aliphatic rings. The van der Waals surface area contributed by atoms with E-state index in [1.54, 1.807) is 0 Å². The van der Waals surface area contributed by atoms with E-state index in [1.807, 2.05) is 13.8 Å². The molecular formula is C8H21N3O2S. The molecule has 1 unspecified atom stereocenters. The SMILES string of the molecule is CC(C)C(CCN)NS(=O)(=O)N(C)C. The highest BCUT2D eigenvalue weighted by atomic mass is 32.2. The number of rotatable bonds is 6. The van der Waals surface area contributed by atoms with E-state index in [-0.39, 0.29) is 12.0 Å². The molecule has 6 heteroatoms. The van der Waals surface area contributed by atoms with Gasteiger partial charge in [0, 0.05) is 20.1 Å². The lowest BCUT2D eigenvalue weighted by molar-refractivity contribution is 0.411.